The number of aromatic carboxylic acids is 1. The number of fused-ring (bicyclic) bond motifs is 4. The van der Waals surface area contributed by atoms with Crippen LogP contribution in [0.1, 0.15) is 40.2 Å². The molecule has 0 spiro atoms. The molecule has 2 N–H and O–H groups in total. The average Bonchev–Trinajstić information content (AvgIpc) is 3.52. The highest BCUT2D eigenvalue weighted by Crippen LogP contribution is 2.64. The first kappa shape index (κ1) is 32.5. The second-order valence-corrected chi connectivity index (χ2v) is 13.8. The van der Waals surface area contributed by atoms with Crippen molar-refractivity contribution in [3.05, 3.63) is 130 Å². The standard InChI is InChI=1S/C40H31ClN2O8/c1-51-32-16-13-21(18-31(32)44)34-27-14-15-28-33(37(47)42(35(28)45)25-11-5-7-22(17-25)38(48)49)29(27)20-30-36(46)43(26-12-6-10-24(41)19-26)39(50)40(30,34)23-8-3-2-4-9-23/h2-14,16-19,28-30,33-34,44H,15,20H2,1H3,(H,48,49). The molecule has 2 aliphatic heterocycles. The van der Waals surface area contributed by atoms with Crippen molar-refractivity contribution >= 4 is 52.6 Å². The number of carboxylic acid groups (broad SMARTS) is 1. The minimum atomic E-state index is -1.50. The van der Waals surface area contributed by atoms with Gasteiger partial charge in [-0.1, -0.05) is 71.8 Å². The van der Waals surface area contributed by atoms with Crippen molar-refractivity contribution in [1.29, 1.82) is 0 Å². The summed E-state index contributed by atoms with van der Waals surface area (Å²) in [4.78, 5) is 72.6. The molecule has 51 heavy (non-hydrogen) atoms. The summed E-state index contributed by atoms with van der Waals surface area (Å²) in [5, 5.41) is 21.0. The number of carboxylic acids is 1. The summed E-state index contributed by atoms with van der Waals surface area (Å²) in [7, 11) is 1.43. The third kappa shape index (κ3) is 4.66. The summed E-state index contributed by atoms with van der Waals surface area (Å²) in [6.45, 7) is 0. The maximum absolute atomic E-state index is 15.3. The maximum atomic E-state index is 15.3. The Hall–Kier alpha value is -5.74. The molecule has 4 amide bonds. The molecule has 2 saturated heterocycles. The van der Waals surface area contributed by atoms with Gasteiger partial charge in [-0.15, -0.1) is 0 Å². The van der Waals surface area contributed by atoms with Crippen molar-refractivity contribution in [1.82, 2.24) is 0 Å². The molecule has 4 aromatic rings. The number of carbonyl (C=O) groups excluding carboxylic acids is 4. The van der Waals surface area contributed by atoms with Gasteiger partial charge in [-0.25, -0.2) is 9.69 Å². The molecule has 0 aromatic heterocycles. The monoisotopic (exact) mass is 702 g/mol. The Bertz CT molecular complexity index is 2200. The van der Waals surface area contributed by atoms with Gasteiger partial charge < -0.3 is 14.9 Å². The maximum Gasteiger partial charge on any atom is 0.335 e. The zero-order chi connectivity index (χ0) is 35.8. The van der Waals surface area contributed by atoms with E-state index < -0.39 is 64.6 Å². The first-order valence-corrected chi connectivity index (χ1v) is 16.9. The van der Waals surface area contributed by atoms with Gasteiger partial charge in [0.2, 0.25) is 23.6 Å². The highest BCUT2D eigenvalue weighted by atomic mass is 35.5. The molecule has 6 atom stereocenters. The molecule has 3 fully saturated rings. The summed E-state index contributed by atoms with van der Waals surface area (Å²) in [6, 6.07) is 26.2. The van der Waals surface area contributed by atoms with E-state index in [9.17, 15) is 29.4 Å². The van der Waals surface area contributed by atoms with E-state index in [1.807, 2.05) is 36.4 Å². The summed E-state index contributed by atoms with van der Waals surface area (Å²) < 4.78 is 5.34. The van der Waals surface area contributed by atoms with Gasteiger partial charge in [0.15, 0.2) is 11.5 Å². The van der Waals surface area contributed by atoms with Crippen molar-refractivity contribution in [3.8, 4) is 11.5 Å². The van der Waals surface area contributed by atoms with E-state index in [0.717, 1.165) is 10.5 Å². The lowest BCUT2D eigenvalue weighted by molar-refractivity contribution is -0.127. The summed E-state index contributed by atoms with van der Waals surface area (Å²) in [5.74, 6) is -7.09. The van der Waals surface area contributed by atoms with Crippen LogP contribution >= 0.6 is 11.6 Å². The fraction of sp³-hybridized carbons (Fsp3) is 0.225. The third-order valence-corrected chi connectivity index (χ3v) is 11.3. The zero-order valence-corrected chi connectivity index (χ0v) is 28.0. The van der Waals surface area contributed by atoms with Gasteiger partial charge in [0.1, 0.15) is 0 Å². The quantitative estimate of drug-likeness (QED) is 0.181. The van der Waals surface area contributed by atoms with Crippen molar-refractivity contribution in [2.24, 2.45) is 23.7 Å². The highest BCUT2D eigenvalue weighted by Gasteiger charge is 2.70. The number of rotatable bonds is 6. The predicted octanol–water partition coefficient (Wildman–Crippen LogP) is 6.12. The number of hydrogen-bond donors (Lipinski definition) is 2. The molecule has 0 bridgehead atoms. The topological polar surface area (TPSA) is 142 Å². The van der Waals surface area contributed by atoms with Crippen LogP contribution in [0.15, 0.2) is 109 Å². The number of allylic oxidation sites excluding steroid dienone is 2. The van der Waals surface area contributed by atoms with Gasteiger partial charge in [-0.05, 0) is 78.4 Å². The number of benzene rings is 4. The molecule has 256 valence electrons. The fourth-order valence-corrected chi connectivity index (χ4v) is 9.22. The molecule has 1 saturated carbocycles. The van der Waals surface area contributed by atoms with Gasteiger partial charge in [0.05, 0.1) is 47.2 Å². The highest BCUT2D eigenvalue weighted by molar-refractivity contribution is 6.32. The Kier molecular flexibility index (Phi) is 7.61. The fourth-order valence-electron chi connectivity index (χ4n) is 9.04. The molecule has 6 unspecified atom stereocenters. The lowest BCUT2D eigenvalue weighted by atomic mass is 9.49. The van der Waals surface area contributed by atoms with Gasteiger partial charge in [-0.3, -0.25) is 24.1 Å². The summed E-state index contributed by atoms with van der Waals surface area (Å²) >= 11 is 6.37. The van der Waals surface area contributed by atoms with E-state index in [4.69, 9.17) is 16.3 Å². The minimum Gasteiger partial charge on any atom is -0.504 e. The van der Waals surface area contributed by atoms with Gasteiger partial charge in [-0.2, -0.15) is 0 Å². The van der Waals surface area contributed by atoms with E-state index in [-0.39, 0.29) is 35.6 Å². The molecule has 4 aromatic carbocycles. The van der Waals surface area contributed by atoms with Crippen LogP contribution in [0, 0.1) is 23.7 Å². The van der Waals surface area contributed by atoms with E-state index in [1.165, 1.54) is 42.3 Å². The number of ether oxygens (including phenoxy) is 1. The van der Waals surface area contributed by atoms with Crippen LogP contribution in [0.4, 0.5) is 11.4 Å². The number of hydrogen-bond acceptors (Lipinski definition) is 7. The number of imide groups is 2. The van der Waals surface area contributed by atoms with Crippen LogP contribution in [0.3, 0.4) is 0 Å². The van der Waals surface area contributed by atoms with Crippen molar-refractivity contribution in [2.75, 3.05) is 16.9 Å². The number of anilines is 2. The molecular formula is C40H31ClN2O8. The number of phenolic OH excluding ortho intramolecular Hbond substituents is 1. The summed E-state index contributed by atoms with van der Waals surface area (Å²) in [5.41, 5.74) is 0.753. The predicted molar refractivity (Wildman–Crippen MR) is 187 cm³/mol. The van der Waals surface area contributed by atoms with Gasteiger partial charge in [0, 0.05) is 10.9 Å². The van der Waals surface area contributed by atoms with Crippen LogP contribution in [-0.2, 0) is 24.6 Å². The van der Waals surface area contributed by atoms with Gasteiger partial charge >= 0.3 is 5.97 Å². The van der Waals surface area contributed by atoms with E-state index >= 15 is 4.79 Å². The number of aromatic hydroxyl groups is 1. The van der Waals surface area contributed by atoms with Gasteiger partial charge in [0.25, 0.3) is 0 Å². The number of nitrogens with zero attached hydrogens (tertiary/aromatic N) is 2. The van der Waals surface area contributed by atoms with Crippen LogP contribution in [0.2, 0.25) is 5.02 Å². The smallest absolute Gasteiger partial charge is 0.335 e. The Balaban J connectivity index is 1.34. The third-order valence-electron chi connectivity index (χ3n) is 11.1. The molecule has 2 aliphatic carbocycles. The van der Waals surface area contributed by atoms with Crippen LogP contribution in [0.5, 0.6) is 11.5 Å². The first-order chi connectivity index (χ1) is 24.6. The first-order valence-electron chi connectivity index (χ1n) is 16.6. The molecular weight excluding hydrogens is 672 g/mol. The van der Waals surface area contributed by atoms with Crippen molar-refractivity contribution in [3.63, 3.8) is 0 Å². The SMILES string of the molecule is COc1ccc(C2C3=CCC4C(=O)N(c5cccc(C(=O)O)c5)C(=O)C4C3CC3C(=O)N(c4cccc(Cl)c4)C(=O)C32c2ccccc2)cc1O. The van der Waals surface area contributed by atoms with Crippen LogP contribution in [-0.4, -0.2) is 46.9 Å². The minimum absolute atomic E-state index is 0.0670. The van der Waals surface area contributed by atoms with E-state index in [2.05, 4.69) is 0 Å². The Labute approximate surface area is 297 Å². The van der Waals surface area contributed by atoms with Crippen molar-refractivity contribution < 1.29 is 38.9 Å². The van der Waals surface area contributed by atoms with E-state index in [0.29, 0.717) is 21.8 Å². The number of carbonyl (C=O) groups is 5. The molecule has 11 heteroatoms. The summed E-state index contributed by atoms with van der Waals surface area (Å²) in [6.07, 6.45) is 2.19. The molecule has 4 aliphatic rings. The normalized spacial score (nSPS) is 26.8. The number of amides is 4. The van der Waals surface area contributed by atoms with Crippen LogP contribution < -0.4 is 14.5 Å². The molecule has 2 heterocycles. The largest absolute Gasteiger partial charge is 0.504 e. The Morgan fingerprint density at radius 2 is 1.55 bits per heavy atom. The lowest BCUT2D eigenvalue weighted by Crippen LogP contribution is -2.53. The number of methoxy groups -OCH3 is 1. The number of halogens is 1. The zero-order valence-electron chi connectivity index (χ0n) is 27.2. The second kappa shape index (κ2) is 11.9. The van der Waals surface area contributed by atoms with E-state index in [1.54, 1.807) is 36.4 Å². The molecule has 0 radical (unpaired) electrons. The number of phenols is 1. The average molecular weight is 703 g/mol. The molecule has 8 rings (SSSR count). The Morgan fingerprint density at radius 3 is 2.24 bits per heavy atom. The Morgan fingerprint density at radius 1 is 0.824 bits per heavy atom. The lowest BCUT2D eigenvalue weighted by Gasteiger charge is -2.50. The second-order valence-electron chi connectivity index (χ2n) is 13.4. The molecule has 10 nitrogen and oxygen atoms in total. The van der Waals surface area contributed by atoms with Crippen LogP contribution in [0.25, 0.3) is 0 Å². The van der Waals surface area contributed by atoms with Crippen molar-refractivity contribution in [2.45, 2.75) is 24.2 Å².